The Balaban J connectivity index is 1.85. The van der Waals surface area contributed by atoms with Crippen LogP contribution in [0.2, 0.25) is 0 Å². The minimum absolute atomic E-state index is 0.0199. The third-order valence-electron chi connectivity index (χ3n) is 7.23. The topological polar surface area (TPSA) is 217 Å². The maximum absolute atomic E-state index is 13.6. The highest BCUT2D eigenvalue weighted by atomic mass is 16.5. The molecule has 12 nitrogen and oxygen atoms in total. The number of aromatic hydroxyl groups is 1. The second-order valence-corrected chi connectivity index (χ2v) is 9.07. The number of carbonyl (C=O) groups is 4. The summed E-state index contributed by atoms with van der Waals surface area (Å²) in [7, 11) is 0. The Bertz CT molecular complexity index is 1270. The predicted octanol–water partition coefficient (Wildman–Crippen LogP) is 0.0873. The van der Waals surface area contributed by atoms with Crippen LogP contribution in [0.3, 0.4) is 0 Å². The average Bonchev–Trinajstić information content (AvgIpc) is 2.81. The van der Waals surface area contributed by atoms with Gasteiger partial charge in [-0.15, -0.1) is 0 Å². The van der Waals surface area contributed by atoms with Gasteiger partial charge < -0.3 is 41.3 Å². The molecule has 5 atom stereocenters. The van der Waals surface area contributed by atoms with E-state index in [0.717, 1.165) is 0 Å². The number of nitrogens with one attached hydrogen (secondary N) is 1. The number of nitrogens with two attached hydrogens (primary N) is 1. The van der Waals surface area contributed by atoms with E-state index in [2.05, 4.69) is 5.32 Å². The summed E-state index contributed by atoms with van der Waals surface area (Å²) in [6.45, 7) is 3.09. The summed E-state index contributed by atoms with van der Waals surface area (Å²) in [5, 5.41) is 57.4. The Morgan fingerprint density at radius 2 is 1.89 bits per heavy atom. The van der Waals surface area contributed by atoms with Gasteiger partial charge in [0.05, 0.1) is 24.0 Å². The van der Waals surface area contributed by atoms with Crippen LogP contribution in [-0.4, -0.2) is 73.8 Å². The summed E-state index contributed by atoms with van der Waals surface area (Å²) in [5.74, 6) is -9.97. The standard InChI is InChI=1S/C24H26N2O10/c1-3-36-13(28)7-26-11-5-4-9-8(2)14-17(20(31)15(9)19(11)30)22(33)24(35)10(18(14)29)6-12(27)16(21(24)32)23(25)34/h4-5,8,10,14,18,26-27,29-30,33,35H,3,6-7H2,1-2H3,(H2,25,34)/t8-,10+,14+,18+,24+/m0/s1. The number of hydrogen-bond acceptors (Lipinski definition) is 11. The lowest BCUT2D eigenvalue weighted by Crippen LogP contribution is -2.62. The smallest absolute Gasteiger partial charge is 0.325 e. The Hall–Kier alpha value is -3.90. The summed E-state index contributed by atoms with van der Waals surface area (Å²) >= 11 is 0. The largest absolute Gasteiger partial charge is 0.511 e. The van der Waals surface area contributed by atoms with Crippen molar-refractivity contribution in [3.8, 4) is 5.75 Å². The van der Waals surface area contributed by atoms with Gasteiger partial charge in [-0.3, -0.25) is 19.2 Å². The molecule has 36 heavy (non-hydrogen) atoms. The van der Waals surface area contributed by atoms with Crippen molar-refractivity contribution in [3.05, 3.63) is 45.9 Å². The summed E-state index contributed by atoms with van der Waals surface area (Å²) in [5.41, 5.74) is 0.929. The highest BCUT2D eigenvalue weighted by molar-refractivity contribution is 6.24. The Labute approximate surface area is 204 Å². The summed E-state index contributed by atoms with van der Waals surface area (Å²) < 4.78 is 4.82. The number of benzene rings is 1. The van der Waals surface area contributed by atoms with Crippen molar-refractivity contribution in [1.82, 2.24) is 0 Å². The quantitative estimate of drug-likeness (QED) is 0.162. The van der Waals surface area contributed by atoms with E-state index in [0.29, 0.717) is 5.56 Å². The van der Waals surface area contributed by atoms with Gasteiger partial charge in [-0.05, 0) is 24.5 Å². The Kier molecular flexibility index (Phi) is 6.05. The van der Waals surface area contributed by atoms with Gasteiger partial charge in [-0.2, -0.15) is 0 Å². The first-order chi connectivity index (χ1) is 16.9. The van der Waals surface area contributed by atoms with Crippen LogP contribution in [0.25, 0.3) is 0 Å². The van der Waals surface area contributed by atoms with Crippen molar-refractivity contribution < 1.29 is 49.4 Å². The lowest BCUT2D eigenvalue weighted by molar-refractivity contribution is -0.154. The van der Waals surface area contributed by atoms with E-state index < -0.39 is 87.7 Å². The first-order valence-electron chi connectivity index (χ1n) is 11.3. The van der Waals surface area contributed by atoms with Crippen LogP contribution in [-0.2, 0) is 19.1 Å². The summed E-state index contributed by atoms with van der Waals surface area (Å²) in [6.07, 6.45) is -2.15. The van der Waals surface area contributed by atoms with Gasteiger partial charge in [0.2, 0.25) is 5.78 Å². The number of ether oxygens (including phenoxy) is 1. The van der Waals surface area contributed by atoms with Crippen LogP contribution in [0.5, 0.6) is 5.75 Å². The number of aliphatic hydroxyl groups is 4. The molecule has 1 aromatic carbocycles. The molecule has 192 valence electrons. The van der Waals surface area contributed by atoms with Gasteiger partial charge in [-0.25, -0.2) is 0 Å². The third-order valence-corrected chi connectivity index (χ3v) is 7.23. The van der Waals surface area contributed by atoms with Gasteiger partial charge in [-0.1, -0.05) is 13.0 Å². The first kappa shape index (κ1) is 25.2. The number of primary amides is 1. The minimum atomic E-state index is -2.90. The number of aliphatic hydroxyl groups excluding tert-OH is 3. The molecule has 0 unspecified atom stereocenters. The van der Waals surface area contributed by atoms with Crippen LogP contribution >= 0.6 is 0 Å². The molecule has 0 radical (unpaired) electrons. The molecule has 12 heteroatoms. The molecule has 1 amide bonds. The lowest BCUT2D eigenvalue weighted by atomic mass is 9.56. The maximum atomic E-state index is 13.6. The molecule has 3 aliphatic carbocycles. The van der Waals surface area contributed by atoms with E-state index in [9.17, 15) is 44.7 Å². The van der Waals surface area contributed by atoms with Crippen LogP contribution < -0.4 is 11.1 Å². The molecule has 3 aliphatic rings. The first-order valence-corrected chi connectivity index (χ1v) is 11.3. The monoisotopic (exact) mass is 502 g/mol. The Morgan fingerprint density at radius 3 is 2.50 bits per heavy atom. The van der Waals surface area contributed by atoms with Crippen molar-refractivity contribution in [2.24, 2.45) is 17.6 Å². The fourth-order valence-corrected chi connectivity index (χ4v) is 5.52. The van der Waals surface area contributed by atoms with E-state index in [1.165, 1.54) is 12.1 Å². The van der Waals surface area contributed by atoms with Crippen molar-refractivity contribution in [3.63, 3.8) is 0 Å². The molecule has 0 heterocycles. The minimum Gasteiger partial charge on any atom is -0.511 e. The number of carbonyl (C=O) groups excluding carboxylic acids is 4. The van der Waals surface area contributed by atoms with Gasteiger partial charge in [0.1, 0.15) is 29.4 Å². The van der Waals surface area contributed by atoms with Crippen molar-refractivity contribution in [2.75, 3.05) is 18.5 Å². The maximum Gasteiger partial charge on any atom is 0.325 e. The van der Waals surface area contributed by atoms with Crippen LogP contribution in [0, 0.1) is 11.8 Å². The molecule has 0 aliphatic heterocycles. The van der Waals surface area contributed by atoms with Crippen molar-refractivity contribution in [2.45, 2.75) is 37.9 Å². The second kappa shape index (κ2) is 8.64. The number of amides is 1. The zero-order valence-corrected chi connectivity index (χ0v) is 19.4. The molecule has 0 fully saturated rings. The molecule has 0 aromatic heterocycles. The van der Waals surface area contributed by atoms with Gasteiger partial charge >= 0.3 is 5.97 Å². The predicted molar refractivity (Wildman–Crippen MR) is 122 cm³/mol. The molecular formula is C24H26N2O10. The van der Waals surface area contributed by atoms with E-state index in [-0.39, 0.29) is 24.4 Å². The molecule has 8 N–H and O–H groups in total. The van der Waals surface area contributed by atoms with E-state index in [1.54, 1.807) is 13.8 Å². The zero-order chi connectivity index (χ0) is 26.7. The average molecular weight is 502 g/mol. The van der Waals surface area contributed by atoms with E-state index >= 15 is 0 Å². The number of ketones is 2. The summed E-state index contributed by atoms with van der Waals surface area (Å²) in [6, 6.07) is 2.95. The number of phenols is 1. The van der Waals surface area contributed by atoms with Crippen molar-refractivity contribution in [1.29, 1.82) is 0 Å². The highest BCUT2D eigenvalue weighted by Gasteiger charge is 2.64. The normalized spacial score (nSPS) is 29.3. The molecule has 4 rings (SSSR count). The number of rotatable bonds is 5. The van der Waals surface area contributed by atoms with Gasteiger partial charge in [0, 0.05) is 23.8 Å². The number of Topliss-reactive ketones (excluding diaryl/α,β-unsaturated/α-hetero) is 2. The summed E-state index contributed by atoms with van der Waals surface area (Å²) in [4.78, 5) is 50.0. The fraction of sp³-hybridized carbons (Fsp3) is 0.417. The number of esters is 1. The SMILES string of the molecule is CCOC(=O)CNc1ccc2c(c1O)C(=O)C1=C(O)[C@]3(O)C(=O)C(C(N)=O)=C(O)C[C@@H]3[C@@H](O)[C@@H]1[C@H]2C. The van der Waals surface area contributed by atoms with E-state index in [4.69, 9.17) is 10.5 Å². The lowest BCUT2D eigenvalue weighted by Gasteiger charge is -2.50. The van der Waals surface area contributed by atoms with Crippen LogP contribution in [0.4, 0.5) is 5.69 Å². The fourth-order valence-electron chi connectivity index (χ4n) is 5.52. The number of allylic oxidation sites excluding steroid dienone is 1. The Morgan fingerprint density at radius 1 is 1.22 bits per heavy atom. The molecule has 0 saturated carbocycles. The van der Waals surface area contributed by atoms with Crippen molar-refractivity contribution >= 4 is 29.1 Å². The molecule has 0 saturated heterocycles. The van der Waals surface area contributed by atoms with Crippen LogP contribution in [0.1, 0.15) is 42.1 Å². The third kappa shape index (κ3) is 3.36. The zero-order valence-electron chi connectivity index (χ0n) is 19.4. The number of hydrogen-bond donors (Lipinski definition) is 7. The van der Waals surface area contributed by atoms with E-state index in [1.807, 2.05) is 0 Å². The molecule has 1 aromatic rings. The molecule has 0 bridgehead atoms. The van der Waals surface area contributed by atoms with Crippen LogP contribution in [0.15, 0.2) is 34.8 Å². The second-order valence-electron chi connectivity index (χ2n) is 9.07. The highest BCUT2D eigenvalue weighted by Crippen LogP contribution is 2.55. The molecule has 0 spiro atoms. The number of anilines is 1. The van der Waals surface area contributed by atoms with Gasteiger partial charge in [0.25, 0.3) is 5.91 Å². The molecular weight excluding hydrogens is 476 g/mol. The number of phenolic OH excluding ortho intramolecular Hbond substituents is 1. The van der Waals surface area contributed by atoms with Gasteiger partial charge in [0.15, 0.2) is 11.4 Å². The number of fused-ring (bicyclic) bond motifs is 3.